The first-order valence-electron chi connectivity index (χ1n) is 31.0. The van der Waals surface area contributed by atoms with E-state index in [4.69, 9.17) is 9.47 Å². The number of hydrogen-bond donors (Lipinski definition) is 7. The Labute approximate surface area is 448 Å². The van der Waals surface area contributed by atoms with Gasteiger partial charge >= 0.3 is 0 Å². The molecule has 10 heteroatoms. The summed E-state index contributed by atoms with van der Waals surface area (Å²) in [7, 11) is 0. The van der Waals surface area contributed by atoms with Gasteiger partial charge in [-0.2, -0.15) is 0 Å². The van der Waals surface area contributed by atoms with E-state index < -0.39 is 61.5 Å². The summed E-state index contributed by atoms with van der Waals surface area (Å²) in [4.78, 5) is 13.1. The first-order chi connectivity index (χ1) is 35.8. The average Bonchev–Trinajstić information content (AvgIpc) is 3.39. The Morgan fingerprint density at radius 3 is 1.27 bits per heavy atom. The zero-order chi connectivity index (χ0) is 53.1. The Bertz CT molecular complexity index is 1310. The van der Waals surface area contributed by atoms with Gasteiger partial charge < -0.3 is 45.4 Å². The lowest BCUT2D eigenvalue weighted by Crippen LogP contribution is -2.60. The maximum Gasteiger partial charge on any atom is 0.249 e. The lowest BCUT2D eigenvalue weighted by molar-refractivity contribution is -0.302. The molecule has 8 atom stereocenters. The lowest BCUT2D eigenvalue weighted by Gasteiger charge is -2.40. The number of hydrogen-bond acceptors (Lipinski definition) is 9. The molecule has 0 saturated carbocycles. The van der Waals surface area contributed by atoms with E-state index in [0.717, 1.165) is 38.5 Å². The summed E-state index contributed by atoms with van der Waals surface area (Å²) in [5, 5.41) is 64.9. The Morgan fingerprint density at radius 1 is 0.479 bits per heavy atom. The maximum atomic E-state index is 13.1. The molecule has 7 N–H and O–H groups in total. The third-order valence-corrected chi connectivity index (χ3v) is 14.7. The van der Waals surface area contributed by atoms with Gasteiger partial charge in [0, 0.05) is 0 Å². The summed E-state index contributed by atoms with van der Waals surface area (Å²) in [5.74, 6) is -0.625. The second-order valence-electron chi connectivity index (χ2n) is 21.6. The van der Waals surface area contributed by atoms with E-state index >= 15 is 0 Å². The molecular weight excluding hydrogens is 915 g/mol. The highest BCUT2D eigenvalue weighted by Crippen LogP contribution is 2.23. The number of rotatable bonds is 53. The average molecular weight is 1030 g/mol. The molecule has 0 spiro atoms. The van der Waals surface area contributed by atoms with Crippen LogP contribution in [0.25, 0.3) is 0 Å². The van der Waals surface area contributed by atoms with Gasteiger partial charge in [0.15, 0.2) is 6.29 Å². The summed E-state index contributed by atoms with van der Waals surface area (Å²) >= 11 is 0. The van der Waals surface area contributed by atoms with Crippen molar-refractivity contribution in [1.82, 2.24) is 5.32 Å². The third-order valence-electron chi connectivity index (χ3n) is 14.7. The Hall–Kier alpha value is -1.89. The number of aliphatic hydroxyl groups is 6. The number of allylic oxidation sites excluding steroid dienone is 7. The summed E-state index contributed by atoms with van der Waals surface area (Å²) in [6.45, 7) is 3.59. The highest BCUT2D eigenvalue weighted by Gasteiger charge is 2.44. The van der Waals surface area contributed by atoms with Gasteiger partial charge in [-0.05, 0) is 64.2 Å². The topological polar surface area (TPSA) is 169 Å². The molecule has 73 heavy (non-hydrogen) atoms. The van der Waals surface area contributed by atoms with Gasteiger partial charge in [0.1, 0.15) is 30.5 Å². The van der Waals surface area contributed by atoms with Gasteiger partial charge in [0.05, 0.1) is 25.4 Å². The number of unbranched alkanes of at least 4 members (excludes halogenated alkanes) is 36. The SMILES string of the molecule is CCCCCCCC/C=C/CC/C=C/C(O)C(COC1OC(CO)C(O)C(O)C1O)NC(=O)C(O)CCCCCCCCCCCCCCCCCC/C=C\C/C=C\CCCCCCCCCCCCCCC. The quantitative estimate of drug-likeness (QED) is 0.0232. The van der Waals surface area contributed by atoms with Crippen LogP contribution in [0.5, 0.6) is 0 Å². The molecule has 1 fully saturated rings. The van der Waals surface area contributed by atoms with Crippen molar-refractivity contribution < 1.29 is 44.9 Å². The van der Waals surface area contributed by atoms with Crippen LogP contribution in [0.2, 0.25) is 0 Å². The monoisotopic (exact) mass is 1030 g/mol. The molecule has 0 aliphatic carbocycles. The molecule has 10 nitrogen and oxygen atoms in total. The van der Waals surface area contributed by atoms with E-state index in [1.165, 1.54) is 212 Å². The number of carbonyl (C=O) groups is 1. The lowest BCUT2D eigenvalue weighted by atomic mass is 9.99. The Morgan fingerprint density at radius 2 is 0.849 bits per heavy atom. The van der Waals surface area contributed by atoms with E-state index in [0.29, 0.717) is 19.3 Å². The Balaban J connectivity index is 2.11. The van der Waals surface area contributed by atoms with Crippen LogP contribution in [0.1, 0.15) is 284 Å². The minimum Gasteiger partial charge on any atom is -0.394 e. The fourth-order valence-corrected chi connectivity index (χ4v) is 9.74. The highest BCUT2D eigenvalue weighted by atomic mass is 16.7. The summed E-state index contributed by atoms with van der Waals surface area (Å²) < 4.78 is 11.2. The fraction of sp³-hybridized carbons (Fsp3) is 0.857. The van der Waals surface area contributed by atoms with Crippen LogP contribution in [0.15, 0.2) is 48.6 Å². The normalized spacial score (nSPS) is 19.8. The predicted molar refractivity (Wildman–Crippen MR) is 305 cm³/mol. The number of aliphatic hydroxyl groups excluding tert-OH is 6. The van der Waals surface area contributed by atoms with E-state index in [9.17, 15) is 35.4 Å². The second-order valence-corrected chi connectivity index (χ2v) is 21.6. The molecule has 0 bridgehead atoms. The number of ether oxygens (including phenoxy) is 2. The van der Waals surface area contributed by atoms with E-state index in [2.05, 4.69) is 55.6 Å². The van der Waals surface area contributed by atoms with Gasteiger partial charge in [-0.25, -0.2) is 0 Å². The molecule has 1 amide bonds. The summed E-state index contributed by atoms with van der Waals surface area (Å²) in [6.07, 6.45) is 59.7. The molecule has 0 aromatic heterocycles. The van der Waals surface area contributed by atoms with Crippen molar-refractivity contribution in [1.29, 1.82) is 0 Å². The molecule has 1 aliphatic rings. The predicted octanol–water partition coefficient (Wildman–Crippen LogP) is 14.7. The van der Waals surface area contributed by atoms with E-state index in [1.807, 2.05) is 6.08 Å². The number of nitrogens with one attached hydrogen (secondary N) is 1. The van der Waals surface area contributed by atoms with Crippen molar-refractivity contribution >= 4 is 5.91 Å². The van der Waals surface area contributed by atoms with Gasteiger partial charge in [-0.1, -0.05) is 268 Å². The molecule has 428 valence electrons. The van der Waals surface area contributed by atoms with E-state index in [-0.39, 0.29) is 6.61 Å². The summed E-state index contributed by atoms with van der Waals surface area (Å²) in [5.41, 5.74) is 0. The van der Waals surface area contributed by atoms with Crippen LogP contribution in [0.4, 0.5) is 0 Å². The van der Waals surface area contributed by atoms with Crippen molar-refractivity contribution in [3.63, 3.8) is 0 Å². The van der Waals surface area contributed by atoms with Gasteiger partial charge in [-0.15, -0.1) is 0 Å². The van der Waals surface area contributed by atoms with Gasteiger partial charge in [0.25, 0.3) is 0 Å². The fourth-order valence-electron chi connectivity index (χ4n) is 9.74. The minimum atomic E-state index is -1.62. The standard InChI is InChI=1S/C63H117NO9/c1-3-5-7-9-11-13-15-17-18-19-20-21-22-23-24-25-26-27-28-29-30-31-32-33-34-35-36-37-38-39-40-42-44-46-48-50-52-57(67)62(71)64-55(54-72-63-61(70)60(69)59(68)58(53-65)73-63)56(66)51-49-47-45-43-41-16-14-12-10-8-6-4-2/h24-25,27-28,41,43,49,51,55-61,63,65-70H,3-23,26,29-40,42,44-48,50,52-54H2,1-2H3,(H,64,71)/b25-24-,28-27-,43-41+,51-49+. The van der Waals surface area contributed by atoms with Crippen LogP contribution in [0, 0.1) is 0 Å². The highest BCUT2D eigenvalue weighted by molar-refractivity contribution is 5.80. The molecule has 1 saturated heterocycles. The molecule has 1 rings (SSSR count). The van der Waals surface area contributed by atoms with Crippen LogP contribution in [-0.4, -0.2) is 98.7 Å². The molecule has 1 aliphatic heterocycles. The maximum absolute atomic E-state index is 13.1. The smallest absolute Gasteiger partial charge is 0.249 e. The van der Waals surface area contributed by atoms with Crippen molar-refractivity contribution in [2.24, 2.45) is 0 Å². The van der Waals surface area contributed by atoms with Crippen molar-refractivity contribution in [3.8, 4) is 0 Å². The molecule has 0 aromatic rings. The van der Waals surface area contributed by atoms with Crippen molar-refractivity contribution in [3.05, 3.63) is 48.6 Å². The van der Waals surface area contributed by atoms with E-state index in [1.54, 1.807) is 6.08 Å². The summed E-state index contributed by atoms with van der Waals surface area (Å²) in [6, 6.07) is -0.997. The zero-order valence-corrected chi connectivity index (χ0v) is 47.3. The van der Waals surface area contributed by atoms with Gasteiger partial charge in [-0.3, -0.25) is 4.79 Å². The second kappa shape index (κ2) is 52.2. The van der Waals surface area contributed by atoms with Crippen LogP contribution < -0.4 is 5.32 Å². The van der Waals surface area contributed by atoms with Crippen LogP contribution in [0.3, 0.4) is 0 Å². The number of amides is 1. The van der Waals surface area contributed by atoms with Crippen molar-refractivity contribution in [2.45, 2.75) is 332 Å². The van der Waals surface area contributed by atoms with Crippen LogP contribution in [-0.2, 0) is 14.3 Å². The first kappa shape index (κ1) is 69.1. The third kappa shape index (κ3) is 41.0. The Kier molecular flexibility index (Phi) is 49.4. The molecule has 1 heterocycles. The number of carbonyl (C=O) groups excluding carboxylic acids is 1. The molecular formula is C63H117NO9. The zero-order valence-electron chi connectivity index (χ0n) is 47.3. The molecule has 0 radical (unpaired) electrons. The van der Waals surface area contributed by atoms with Crippen molar-refractivity contribution in [2.75, 3.05) is 13.2 Å². The van der Waals surface area contributed by atoms with Gasteiger partial charge in [0.2, 0.25) is 5.91 Å². The molecule has 0 aromatic carbocycles. The molecule has 8 unspecified atom stereocenters. The van der Waals surface area contributed by atoms with Crippen LogP contribution >= 0.6 is 0 Å². The minimum absolute atomic E-state index is 0.304. The first-order valence-corrected chi connectivity index (χ1v) is 31.0. The largest absolute Gasteiger partial charge is 0.394 e.